The number of rotatable bonds is 5. The third-order valence-corrected chi connectivity index (χ3v) is 11.2. The minimum Gasteiger partial charge on any atom is -0.378 e. The Morgan fingerprint density at radius 3 is 2.33 bits per heavy atom. The summed E-state index contributed by atoms with van der Waals surface area (Å²) < 4.78 is 19.8. The van der Waals surface area contributed by atoms with Crippen molar-refractivity contribution in [2.45, 2.75) is 117 Å². The first-order chi connectivity index (χ1) is 15.7. The van der Waals surface area contributed by atoms with E-state index in [1.54, 1.807) is 0 Å². The normalized spacial score (nSPS) is 45.0. The predicted molar refractivity (Wildman–Crippen MR) is 133 cm³/mol. The molecule has 4 nitrogen and oxygen atoms in total. The van der Waals surface area contributed by atoms with Gasteiger partial charge in [-0.3, -0.25) is 0 Å². The molecule has 5 rings (SSSR count). The van der Waals surface area contributed by atoms with E-state index in [-0.39, 0.29) is 11.7 Å². The number of nitrogens with zero attached hydrogens (tertiary/aromatic N) is 1. The van der Waals surface area contributed by atoms with Crippen molar-refractivity contribution >= 4 is 0 Å². The highest BCUT2D eigenvalue weighted by atomic mass is 16.7. The molecular weight excluding hydrogens is 410 g/mol. The second kappa shape index (κ2) is 9.37. The van der Waals surface area contributed by atoms with Gasteiger partial charge in [0.25, 0.3) is 0 Å². The van der Waals surface area contributed by atoms with Crippen LogP contribution in [0.15, 0.2) is 0 Å². The SMILES string of the molecule is CN1CCC(OCC[C@@H]2C(C)(C)CCC3[C@]4(C)CO[C@@H](C5CCCC5)O[C@@H]4CC[C@]32C)CC1. The quantitative estimate of drug-likeness (QED) is 0.482. The molecule has 0 spiro atoms. The molecule has 33 heavy (non-hydrogen) atoms. The van der Waals surface area contributed by atoms with Crippen molar-refractivity contribution in [1.82, 2.24) is 4.90 Å². The van der Waals surface area contributed by atoms with Crippen molar-refractivity contribution < 1.29 is 14.2 Å². The molecule has 0 aromatic carbocycles. The number of hydrogen-bond acceptors (Lipinski definition) is 4. The van der Waals surface area contributed by atoms with Gasteiger partial charge in [-0.05, 0) is 87.5 Å². The van der Waals surface area contributed by atoms with Crippen LogP contribution < -0.4 is 0 Å². The Kier molecular flexibility index (Phi) is 6.97. The molecule has 0 aromatic rings. The summed E-state index contributed by atoms with van der Waals surface area (Å²) in [5.74, 6) is 2.03. The third kappa shape index (κ3) is 4.56. The van der Waals surface area contributed by atoms with Crippen LogP contribution in [0.3, 0.4) is 0 Å². The zero-order valence-electron chi connectivity index (χ0n) is 22.2. The second-order valence-electron chi connectivity index (χ2n) is 13.7. The number of fused-ring (bicyclic) bond motifs is 3. The number of likely N-dealkylation sites (tertiary alicyclic amines) is 1. The van der Waals surface area contributed by atoms with Gasteiger partial charge in [-0.1, -0.05) is 40.5 Å². The van der Waals surface area contributed by atoms with Crippen molar-refractivity contribution in [1.29, 1.82) is 0 Å². The van der Waals surface area contributed by atoms with Crippen molar-refractivity contribution in [2.24, 2.45) is 34.0 Å². The van der Waals surface area contributed by atoms with Gasteiger partial charge in [0.05, 0.1) is 18.8 Å². The molecule has 4 heteroatoms. The Morgan fingerprint density at radius 1 is 0.879 bits per heavy atom. The van der Waals surface area contributed by atoms with E-state index in [1.807, 2.05) is 0 Å². The van der Waals surface area contributed by atoms with Crippen LogP contribution in [0.1, 0.15) is 98.3 Å². The molecule has 3 aliphatic carbocycles. The lowest BCUT2D eigenvalue weighted by molar-refractivity contribution is -0.322. The van der Waals surface area contributed by atoms with Gasteiger partial charge in [0.15, 0.2) is 6.29 Å². The minimum absolute atomic E-state index is 0.0636. The monoisotopic (exact) mass is 461 g/mol. The summed E-state index contributed by atoms with van der Waals surface area (Å²) in [5, 5.41) is 0. The molecule has 0 N–H and O–H groups in total. The van der Waals surface area contributed by atoms with E-state index in [1.165, 1.54) is 83.7 Å². The zero-order valence-corrected chi connectivity index (χ0v) is 22.2. The maximum Gasteiger partial charge on any atom is 0.160 e. The highest BCUT2D eigenvalue weighted by Crippen LogP contribution is 2.66. The van der Waals surface area contributed by atoms with E-state index in [0.29, 0.717) is 40.8 Å². The van der Waals surface area contributed by atoms with E-state index in [2.05, 4.69) is 39.6 Å². The van der Waals surface area contributed by atoms with Crippen LogP contribution >= 0.6 is 0 Å². The third-order valence-electron chi connectivity index (χ3n) is 11.2. The summed E-state index contributed by atoms with van der Waals surface area (Å²) in [6.07, 6.45) is 15.0. The zero-order chi connectivity index (χ0) is 23.3. The second-order valence-corrected chi connectivity index (χ2v) is 13.7. The van der Waals surface area contributed by atoms with Crippen LogP contribution in [-0.4, -0.2) is 56.7 Å². The number of ether oxygens (including phenoxy) is 3. The smallest absolute Gasteiger partial charge is 0.160 e. The lowest BCUT2D eigenvalue weighted by Gasteiger charge is -2.65. The van der Waals surface area contributed by atoms with Crippen LogP contribution in [-0.2, 0) is 14.2 Å². The van der Waals surface area contributed by atoms with Crippen molar-refractivity contribution in [3.8, 4) is 0 Å². The molecular formula is C29H51NO3. The van der Waals surface area contributed by atoms with Crippen molar-refractivity contribution in [3.05, 3.63) is 0 Å². The molecule has 2 heterocycles. The topological polar surface area (TPSA) is 30.9 Å². The molecule has 0 radical (unpaired) electrons. The van der Waals surface area contributed by atoms with Crippen LogP contribution in [0.2, 0.25) is 0 Å². The van der Waals surface area contributed by atoms with E-state index < -0.39 is 0 Å². The minimum atomic E-state index is 0.0636. The highest BCUT2D eigenvalue weighted by Gasteiger charge is 2.62. The lowest BCUT2D eigenvalue weighted by atomic mass is 9.42. The summed E-state index contributed by atoms with van der Waals surface area (Å²) in [6, 6.07) is 0. The summed E-state index contributed by atoms with van der Waals surface area (Å²) in [4.78, 5) is 2.43. The van der Waals surface area contributed by atoms with E-state index in [9.17, 15) is 0 Å². The van der Waals surface area contributed by atoms with Crippen molar-refractivity contribution in [3.63, 3.8) is 0 Å². The van der Waals surface area contributed by atoms with Crippen LogP contribution in [0.25, 0.3) is 0 Å². The largest absolute Gasteiger partial charge is 0.378 e. The average Bonchev–Trinajstić information content (AvgIpc) is 3.31. The first-order valence-electron chi connectivity index (χ1n) is 14.3. The molecule has 190 valence electrons. The van der Waals surface area contributed by atoms with Crippen molar-refractivity contribution in [2.75, 3.05) is 33.4 Å². The lowest BCUT2D eigenvalue weighted by Crippen LogP contribution is -2.63. The van der Waals surface area contributed by atoms with E-state index in [4.69, 9.17) is 14.2 Å². The standard InChI is InChI=1S/C29H51NO3/c1-27(2)15-10-24-28(3,23(27)14-19-31-22-12-17-30(5)18-13-22)16-11-25-29(24,4)20-32-26(33-25)21-8-6-7-9-21/h21-26H,6-20H2,1-5H3/t23-,24?,25-,26-,28+,29+/m1/s1. The van der Waals surface area contributed by atoms with Crippen LogP contribution in [0.4, 0.5) is 0 Å². The van der Waals surface area contributed by atoms with Gasteiger partial charge in [-0.25, -0.2) is 0 Å². The Balaban J connectivity index is 1.26. The summed E-state index contributed by atoms with van der Waals surface area (Å²) >= 11 is 0. The van der Waals surface area contributed by atoms with E-state index in [0.717, 1.165) is 13.2 Å². The first-order valence-corrected chi connectivity index (χ1v) is 14.3. The van der Waals surface area contributed by atoms with Crippen LogP contribution in [0, 0.1) is 34.0 Å². The van der Waals surface area contributed by atoms with Gasteiger partial charge in [0.1, 0.15) is 0 Å². The number of piperidine rings is 1. The van der Waals surface area contributed by atoms with Gasteiger partial charge < -0.3 is 19.1 Å². The maximum absolute atomic E-state index is 6.78. The molecule has 2 saturated heterocycles. The molecule has 1 unspecified atom stereocenters. The molecule has 6 atom stereocenters. The molecule has 0 amide bonds. The van der Waals surface area contributed by atoms with E-state index >= 15 is 0 Å². The average molecular weight is 462 g/mol. The Labute approximate surface area is 203 Å². The molecule has 5 fully saturated rings. The summed E-state index contributed by atoms with van der Waals surface area (Å²) in [7, 11) is 2.23. The molecule has 0 aromatic heterocycles. The van der Waals surface area contributed by atoms with Crippen LogP contribution in [0.5, 0.6) is 0 Å². The Hall–Kier alpha value is -0.160. The van der Waals surface area contributed by atoms with Gasteiger partial charge in [-0.2, -0.15) is 0 Å². The fraction of sp³-hybridized carbons (Fsp3) is 1.00. The predicted octanol–water partition coefficient (Wildman–Crippen LogP) is 6.28. The van der Waals surface area contributed by atoms with Gasteiger partial charge in [0, 0.05) is 31.0 Å². The fourth-order valence-electron chi connectivity index (χ4n) is 9.16. The Bertz CT molecular complexity index is 668. The maximum atomic E-state index is 6.78. The summed E-state index contributed by atoms with van der Waals surface area (Å²) in [6.45, 7) is 14.4. The van der Waals surface area contributed by atoms with Gasteiger partial charge in [-0.15, -0.1) is 0 Å². The highest BCUT2D eigenvalue weighted by molar-refractivity contribution is 5.10. The fourth-order valence-corrected chi connectivity index (χ4v) is 9.16. The molecule has 2 aliphatic heterocycles. The number of hydrogen-bond donors (Lipinski definition) is 0. The molecule has 3 saturated carbocycles. The van der Waals surface area contributed by atoms with Gasteiger partial charge >= 0.3 is 0 Å². The molecule has 0 bridgehead atoms. The summed E-state index contributed by atoms with van der Waals surface area (Å²) in [5.41, 5.74) is 0.898. The van der Waals surface area contributed by atoms with Gasteiger partial charge in [0.2, 0.25) is 0 Å². The first kappa shape index (κ1) is 24.5. The Morgan fingerprint density at radius 2 is 1.61 bits per heavy atom. The molecule has 5 aliphatic rings.